The molecule has 1 saturated heterocycles. The summed E-state index contributed by atoms with van der Waals surface area (Å²) in [7, 11) is 0. The van der Waals surface area contributed by atoms with E-state index in [9.17, 15) is 9.59 Å². The number of ether oxygens (including phenoxy) is 1. The summed E-state index contributed by atoms with van der Waals surface area (Å²) < 4.78 is 5.38. The van der Waals surface area contributed by atoms with Gasteiger partial charge in [0.25, 0.3) is 0 Å². The van der Waals surface area contributed by atoms with Crippen LogP contribution in [-0.2, 0) is 16.0 Å². The zero-order chi connectivity index (χ0) is 18.4. The van der Waals surface area contributed by atoms with Gasteiger partial charge in [-0.1, -0.05) is 24.3 Å². The number of benzene rings is 1. The van der Waals surface area contributed by atoms with E-state index in [1.807, 2.05) is 37.8 Å². The number of nitrogens with zero attached hydrogens (tertiary/aromatic N) is 2. The summed E-state index contributed by atoms with van der Waals surface area (Å²) in [4.78, 5) is 28.0. The third-order valence-corrected chi connectivity index (χ3v) is 4.38. The number of carbonyl (C=O) groups is 2. The largest absolute Gasteiger partial charge is 0.444 e. The minimum absolute atomic E-state index is 0.178. The highest BCUT2D eigenvalue weighted by Crippen LogP contribution is 2.14. The lowest BCUT2D eigenvalue weighted by atomic mass is 10.0. The number of amides is 2. The first-order valence-electron chi connectivity index (χ1n) is 9.06. The maximum Gasteiger partial charge on any atom is 0.410 e. The summed E-state index contributed by atoms with van der Waals surface area (Å²) in [6.07, 6.45) is 2.05. The first kappa shape index (κ1) is 19.3. The smallest absolute Gasteiger partial charge is 0.410 e. The van der Waals surface area contributed by atoms with E-state index in [0.717, 1.165) is 12.8 Å². The average molecular weight is 346 g/mol. The highest BCUT2D eigenvalue weighted by Gasteiger charge is 2.27. The summed E-state index contributed by atoms with van der Waals surface area (Å²) in [5.41, 5.74) is 2.10. The van der Waals surface area contributed by atoms with Crippen LogP contribution in [0.25, 0.3) is 0 Å². The summed E-state index contributed by atoms with van der Waals surface area (Å²) in [5, 5.41) is 0. The summed E-state index contributed by atoms with van der Waals surface area (Å²) in [5.74, 6) is 0.178. The number of rotatable bonds is 4. The van der Waals surface area contributed by atoms with Gasteiger partial charge in [-0.2, -0.15) is 0 Å². The molecule has 1 aromatic carbocycles. The van der Waals surface area contributed by atoms with Gasteiger partial charge in [0.2, 0.25) is 5.91 Å². The van der Waals surface area contributed by atoms with E-state index >= 15 is 0 Å². The molecule has 0 atom stereocenters. The standard InChI is InChI=1S/C20H30N2O3/c1-16-8-5-6-9-17(16)10-7-11-18(23)21-12-14-22(15-13-21)19(24)25-20(2,3)4/h5-6,8-9H,7,10-15H2,1-4H3. The van der Waals surface area contributed by atoms with E-state index in [2.05, 4.69) is 19.1 Å². The molecule has 1 heterocycles. The molecule has 2 rings (SSSR count). The molecule has 1 aromatic rings. The fourth-order valence-electron chi connectivity index (χ4n) is 2.94. The first-order chi connectivity index (χ1) is 11.8. The van der Waals surface area contributed by atoms with Crippen LogP contribution in [0, 0.1) is 6.92 Å². The Morgan fingerprint density at radius 1 is 1.04 bits per heavy atom. The molecule has 0 unspecified atom stereocenters. The summed E-state index contributed by atoms with van der Waals surface area (Å²) in [6.45, 7) is 9.94. The van der Waals surface area contributed by atoms with Crippen molar-refractivity contribution in [3.8, 4) is 0 Å². The summed E-state index contributed by atoms with van der Waals surface area (Å²) >= 11 is 0. The van der Waals surface area contributed by atoms with Crippen LogP contribution in [0.5, 0.6) is 0 Å². The van der Waals surface area contributed by atoms with Crippen molar-refractivity contribution in [1.29, 1.82) is 0 Å². The van der Waals surface area contributed by atoms with Gasteiger partial charge < -0.3 is 14.5 Å². The van der Waals surface area contributed by atoms with Crippen molar-refractivity contribution >= 4 is 12.0 Å². The first-order valence-corrected chi connectivity index (χ1v) is 9.06. The van der Waals surface area contributed by atoms with Gasteiger partial charge in [0.05, 0.1) is 0 Å². The molecular formula is C20H30N2O3. The molecule has 0 aliphatic carbocycles. The second-order valence-corrected chi connectivity index (χ2v) is 7.63. The van der Waals surface area contributed by atoms with Crippen LogP contribution in [0.1, 0.15) is 44.7 Å². The second-order valence-electron chi connectivity index (χ2n) is 7.63. The van der Waals surface area contributed by atoms with Gasteiger partial charge in [0.15, 0.2) is 0 Å². The van der Waals surface area contributed by atoms with Crippen LogP contribution >= 0.6 is 0 Å². The Balaban J connectivity index is 1.72. The normalized spacial score (nSPS) is 15.2. The number of carbonyl (C=O) groups excluding carboxylic acids is 2. The maximum absolute atomic E-state index is 12.4. The highest BCUT2D eigenvalue weighted by molar-refractivity contribution is 5.76. The molecule has 1 fully saturated rings. The van der Waals surface area contributed by atoms with Crippen molar-refractivity contribution in [1.82, 2.24) is 9.80 Å². The van der Waals surface area contributed by atoms with Crippen LogP contribution in [-0.4, -0.2) is 53.6 Å². The van der Waals surface area contributed by atoms with E-state index in [1.165, 1.54) is 11.1 Å². The topological polar surface area (TPSA) is 49.9 Å². The maximum atomic E-state index is 12.4. The quantitative estimate of drug-likeness (QED) is 0.839. The van der Waals surface area contributed by atoms with Crippen molar-refractivity contribution in [2.45, 2.75) is 52.6 Å². The predicted octanol–water partition coefficient (Wildman–Crippen LogP) is 3.40. The SMILES string of the molecule is Cc1ccccc1CCCC(=O)N1CCN(C(=O)OC(C)(C)C)CC1. The van der Waals surface area contributed by atoms with E-state index in [0.29, 0.717) is 32.6 Å². The number of piperazine rings is 1. The molecular weight excluding hydrogens is 316 g/mol. The van der Waals surface area contributed by atoms with Gasteiger partial charge in [0.1, 0.15) is 5.60 Å². The van der Waals surface area contributed by atoms with Gasteiger partial charge >= 0.3 is 6.09 Å². The Bertz CT molecular complexity index is 599. The van der Waals surface area contributed by atoms with Gasteiger partial charge in [-0.15, -0.1) is 0 Å². The Hall–Kier alpha value is -2.04. The molecule has 0 spiro atoms. The lowest BCUT2D eigenvalue weighted by molar-refractivity contribution is -0.133. The minimum atomic E-state index is -0.487. The number of hydrogen-bond donors (Lipinski definition) is 0. The fourth-order valence-corrected chi connectivity index (χ4v) is 2.94. The van der Waals surface area contributed by atoms with Crippen molar-refractivity contribution in [2.75, 3.05) is 26.2 Å². The molecule has 1 aliphatic rings. The second kappa shape index (κ2) is 8.37. The number of hydrogen-bond acceptors (Lipinski definition) is 3. The Morgan fingerprint density at radius 3 is 2.24 bits per heavy atom. The molecule has 0 bridgehead atoms. The Morgan fingerprint density at radius 2 is 1.64 bits per heavy atom. The van der Waals surface area contributed by atoms with Crippen molar-refractivity contribution < 1.29 is 14.3 Å². The van der Waals surface area contributed by atoms with Crippen molar-refractivity contribution in [3.05, 3.63) is 35.4 Å². The Kier molecular flexibility index (Phi) is 6.45. The molecule has 1 aliphatic heterocycles. The monoisotopic (exact) mass is 346 g/mol. The summed E-state index contributed by atoms with van der Waals surface area (Å²) in [6, 6.07) is 8.31. The van der Waals surface area contributed by atoms with Crippen LogP contribution in [0.2, 0.25) is 0 Å². The van der Waals surface area contributed by atoms with Gasteiger partial charge in [-0.25, -0.2) is 4.79 Å². The molecule has 0 saturated carbocycles. The van der Waals surface area contributed by atoms with E-state index < -0.39 is 5.60 Å². The van der Waals surface area contributed by atoms with Crippen LogP contribution < -0.4 is 0 Å². The fraction of sp³-hybridized carbons (Fsp3) is 0.600. The van der Waals surface area contributed by atoms with Crippen LogP contribution in [0.15, 0.2) is 24.3 Å². The highest BCUT2D eigenvalue weighted by atomic mass is 16.6. The van der Waals surface area contributed by atoms with Gasteiger partial charge in [-0.05, 0) is 51.7 Å². The third kappa shape index (κ3) is 6.07. The van der Waals surface area contributed by atoms with E-state index in [1.54, 1.807) is 4.90 Å². The molecule has 138 valence electrons. The number of aryl methyl sites for hydroxylation is 2. The zero-order valence-corrected chi connectivity index (χ0v) is 15.9. The molecule has 0 radical (unpaired) electrons. The molecule has 5 nitrogen and oxygen atoms in total. The zero-order valence-electron chi connectivity index (χ0n) is 15.9. The van der Waals surface area contributed by atoms with Crippen LogP contribution in [0.4, 0.5) is 4.79 Å². The predicted molar refractivity (Wildman–Crippen MR) is 98.5 cm³/mol. The molecule has 5 heteroatoms. The van der Waals surface area contributed by atoms with Crippen molar-refractivity contribution in [2.24, 2.45) is 0 Å². The van der Waals surface area contributed by atoms with E-state index in [4.69, 9.17) is 4.74 Å². The van der Waals surface area contributed by atoms with Gasteiger partial charge in [0, 0.05) is 32.6 Å². The Labute approximate surface area is 150 Å². The van der Waals surface area contributed by atoms with Gasteiger partial charge in [-0.3, -0.25) is 4.79 Å². The average Bonchev–Trinajstić information content (AvgIpc) is 2.55. The van der Waals surface area contributed by atoms with Crippen molar-refractivity contribution in [3.63, 3.8) is 0 Å². The molecule has 2 amide bonds. The molecule has 0 N–H and O–H groups in total. The lowest BCUT2D eigenvalue weighted by Crippen LogP contribution is -2.51. The van der Waals surface area contributed by atoms with Crippen LogP contribution in [0.3, 0.4) is 0 Å². The van der Waals surface area contributed by atoms with E-state index in [-0.39, 0.29) is 12.0 Å². The lowest BCUT2D eigenvalue weighted by Gasteiger charge is -2.35. The minimum Gasteiger partial charge on any atom is -0.444 e. The third-order valence-electron chi connectivity index (χ3n) is 4.38. The molecule has 0 aromatic heterocycles. The molecule has 25 heavy (non-hydrogen) atoms.